The van der Waals surface area contributed by atoms with Gasteiger partial charge in [0.1, 0.15) is 5.82 Å². The van der Waals surface area contributed by atoms with Crippen LogP contribution >= 0.6 is 15.9 Å². The van der Waals surface area contributed by atoms with Crippen LogP contribution in [-0.2, 0) is 14.8 Å². The van der Waals surface area contributed by atoms with Gasteiger partial charge in [0.25, 0.3) is 0 Å². The zero-order chi connectivity index (χ0) is 13.8. The Morgan fingerprint density at radius 1 is 1.44 bits per heavy atom. The number of halogens is 2. The van der Waals surface area contributed by atoms with E-state index in [-0.39, 0.29) is 22.9 Å². The van der Waals surface area contributed by atoms with Gasteiger partial charge in [0.15, 0.2) is 0 Å². The molecule has 0 atom stereocenters. The topological polar surface area (TPSA) is 55.4 Å². The van der Waals surface area contributed by atoms with Gasteiger partial charge in [0, 0.05) is 5.69 Å². The van der Waals surface area contributed by atoms with Crippen LogP contribution in [0.2, 0.25) is 0 Å². The molecule has 1 rings (SSSR count). The van der Waals surface area contributed by atoms with Crippen molar-refractivity contribution in [2.75, 3.05) is 17.1 Å². The smallest absolute Gasteiger partial charge is 0.235 e. The minimum absolute atomic E-state index is 0.0137. The zero-order valence-electron chi connectivity index (χ0n) is 10.1. The van der Waals surface area contributed by atoms with Crippen LogP contribution in [0.1, 0.15) is 13.8 Å². The van der Waals surface area contributed by atoms with Crippen LogP contribution in [-0.4, -0.2) is 26.9 Å². The Morgan fingerprint density at radius 2 is 2.11 bits per heavy atom. The van der Waals surface area contributed by atoms with Crippen molar-refractivity contribution in [3.8, 4) is 0 Å². The maximum absolute atomic E-state index is 13.0. The number of nitrogens with one attached hydrogen (secondary N) is 1. The van der Waals surface area contributed by atoms with Gasteiger partial charge in [-0.05, 0) is 48.0 Å². The van der Waals surface area contributed by atoms with Crippen molar-refractivity contribution in [2.24, 2.45) is 0 Å². The van der Waals surface area contributed by atoms with E-state index in [0.29, 0.717) is 5.69 Å². The molecule has 0 saturated heterocycles. The van der Waals surface area contributed by atoms with E-state index < -0.39 is 15.8 Å². The molecule has 18 heavy (non-hydrogen) atoms. The van der Waals surface area contributed by atoms with Gasteiger partial charge in [-0.2, -0.15) is 0 Å². The highest BCUT2D eigenvalue weighted by molar-refractivity contribution is 9.10. The number of rotatable bonds is 6. The quantitative estimate of drug-likeness (QED) is 0.866. The second-order valence-corrected chi connectivity index (χ2v) is 6.67. The summed E-state index contributed by atoms with van der Waals surface area (Å²) in [6, 6.07) is 3.92. The Labute approximate surface area is 115 Å². The molecule has 0 spiro atoms. The first kappa shape index (κ1) is 15.4. The van der Waals surface area contributed by atoms with E-state index in [2.05, 4.69) is 20.7 Å². The SMILES string of the molecule is CC(C)OCCS(=O)(=O)Nc1ccc(F)c(Br)c1. The molecular formula is C11H15BrFNO3S. The Bertz CT molecular complexity index is 505. The maximum Gasteiger partial charge on any atom is 0.235 e. The summed E-state index contributed by atoms with van der Waals surface area (Å²) in [6.45, 7) is 3.78. The predicted octanol–water partition coefficient (Wildman–Crippen LogP) is 2.75. The highest BCUT2D eigenvalue weighted by atomic mass is 79.9. The first-order valence-electron chi connectivity index (χ1n) is 5.37. The highest BCUT2D eigenvalue weighted by Crippen LogP contribution is 2.20. The fourth-order valence-electron chi connectivity index (χ4n) is 1.18. The van der Waals surface area contributed by atoms with E-state index >= 15 is 0 Å². The van der Waals surface area contributed by atoms with Crippen LogP contribution in [0.5, 0.6) is 0 Å². The summed E-state index contributed by atoms with van der Waals surface area (Å²) in [7, 11) is -3.48. The van der Waals surface area contributed by atoms with Gasteiger partial charge in [-0.3, -0.25) is 4.72 Å². The van der Waals surface area contributed by atoms with E-state index in [4.69, 9.17) is 4.74 Å². The van der Waals surface area contributed by atoms with Crippen molar-refractivity contribution in [2.45, 2.75) is 20.0 Å². The van der Waals surface area contributed by atoms with Crippen LogP contribution < -0.4 is 4.72 Å². The molecule has 0 bridgehead atoms. The Kier molecular flexibility index (Phi) is 5.55. The number of hydrogen-bond donors (Lipinski definition) is 1. The molecule has 0 fully saturated rings. The molecule has 1 N–H and O–H groups in total. The maximum atomic E-state index is 13.0. The molecular weight excluding hydrogens is 325 g/mol. The molecule has 0 radical (unpaired) electrons. The van der Waals surface area contributed by atoms with Crippen molar-refractivity contribution in [1.82, 2.24) is 0 Å². The lowest BCUT2D eigenvalue weighted by Crippen LogP contribution is -2.21. The van der Waals surface area contributed by atoms with Gasteiger partial charge in [-0.25, -0.2) is 12.8 Å². The third-order valence-corrected chi connectivity index (χ3v) is 3.85. The average Bonchev–Trinajstić information content (AvgIpc) is 2.22. The lowest BCUT2D eigenvalue weighted by Gasteiger charge is -2.10. The molecule has 0 aromatic heterocycles. The summed E-state index contributed by atoms with van der Waals surface area (Å²) in [4.78, 5) is 0. The number of sulfonamides is 1. The zero-order valence-corrected chi connectivity index (χ0v) is 12.5. The number of anilines is 1. The first-order chi connectivity index (χ1) is 8.30. The fourth-order valence-corrected chi connectivity index (χ4v) is 2.47. The highest BCUT2D eigenvalue weighted by Gasteiger charge is 2.11. The lowest BCUT2D eigenvalue weighted by molar-refractivity contribution is 0.0913. The summed E-state index contributed by atoms with van der Waals surface area (Å²) in [6.07, 6.45) is -0.0137. The average molecular weight is 340 g/mol. The summed E-state index contributed by atoms with van der Waals surface area (Å²) < 4.78 is 44.1. The third-order valence-electron chi connectivity index (χ3n) is 2.00. The monoisotopic (exact) mass is 339 g/mol. The first-order valence-corrected chi connectivity index (χ1v) is 7.82. The van der Waals surface area contributed by atoms with E-state index in [9.17, 15) is 12.8 Å². The molecule has 102 valence electrons. The largest absolute Gasteiger partial charge is 0.378 e. The second-order valence-electron chi connectivity index (χ2n) is 3.97. The summed E-state index contributed by atoms with van der Waals surface area (Å²) >= 11 is 2.99. The summed E-state index contributed by atoms with van der Waals surface area (Å²) in [5, 5.41) is 0. The number of benzene rings is 1. The van der Waals surface area contributed by atoms with Gasteiger partial charge in [-0.15, -0.1) is 0 Å². The molecule has 7 heteroatoms. The van der Waals surface area contributed by atoms with Gasteiger partial charge < -0.3 is 4.74 Å². The van der Waals surface area contributed by atoms with Gasteiger partial charge in [-0.1, -0.05) is 0 Å². The molecule has 1 aromatic rings. The number of ether oxygens (including phenoxy) is 1. The Morgan fingerprint density at radius 3 is 2.67 bits per heavy atom. The predicted molar refractivity (Wildman–Crippen MR) is 72.6 cm³/mol. The van der Waals surface area contributed by atoms with Crippen molar-refractivity contribution in [3.63, 3.8) is 0 Å². The second kappa shape index (κ2) is 6.49. The Balaban J connectivity index is 2.62. The number of hydrogen-bond acceptors (Lipinski definition) is 3. The van der Waals surface area contributed by atoms with Crippen molar-refractivity contribution < 1.29 is 17.5 Å². The summed E-state index contributed by atoms with van der Waals surface area (Å²) in [5.74, 6) is -0.582. The standard InChI is InChI=1S/C11H15BrFNO3S/c1-8(2)17-5-6-18(15,16)14-9-3-4-11(13)10(12)7-9/h3-4,7-8,14H,5-6H2,1-2H3. The summed E-state index contributed by atoms with van der Waals surface area (Å²) in [5.41, 5.74) is 0.313. The van der Waals surface area contributed by atoms with Gasteiger partial charge in [0.05, 0.1) is 22.9 Å². The van der Waals surface area contributed by atoms with Crippen molar-refractivity contribution >= 4 is 31.6 Å². The van der Waals surface area contributed by atoms with Gasteiger partial charge >= 0.3 is 0 Å². The molecule has 0 saturated carbocycles. The van der Waals surface area contributed by atoms with Crippen LogP contribution in [0.15, 0.2) is 22.7 Å². The molecule has 4 nitrogen and oxygen atoms in total. The van der Waals surface area contributed by atoms with Crippen LogP contribution in [0.4, 0.5) is 10.1 Å². The minimum atomic E-state index is -3.48. The van der Waals surface area contributed by atoms with E-state index in [0.717, 1.165) is 0 Å². The van der Waals surface area contributed by atoms with Crippen LogP contribution in [0.25, 0.3) is 0 Å². The van der Waals surface area contributed by atoms with Crippen molar-refractivity contribution in [3.05, 3.63) is 28.5 Å². The van der Waals surface area contributed by atoms with Crippen LogP contribution in [0, 0.1) is 5.82 Å². The third kappa shape index (κ3) is 5.32. The van der Waals surface area contributed by atoms with E-state index in [1.54, 1.807) is 0 Å². The van der Waals surface area contributed by atoms with E-state index in [1.807, 2.05) is 13.8 Å². The molecule has 0 amide bonds. The molecule has 0 heterocycles. The molecule has 1 aromatic carbocycles. The van der Waals surface area contributed by atoms with E-state index in [1.165, 1.54) is 18.2 Å². The van der Waals surface area contributed by atoms with Crippen molar-refractivity contribution in [1.29, 1.82) is 0 Å². The fraction of sp³-hybridized carbons (Fsp3) is 0.455. The van der Waals surface area contributed by atoms with Crippen LogP contribution in [0.3, 0.4) is 0 Å². The minimum Gasteiger partial charge on any atom is -0.378 e. The Hall–Kier alpha value is -0.660. The lowest BCUT2D eigenvalue weighted by atomic mass is 10.3. The van der Waals surface area contributed by atoms with Gasteiger partial charge in [0.2, 0.25) is 10.0 Å². The molecule has 0 unspecified atom stereocenters. The molecule has 0 aliphatic heterocycles. The molecule has 0 aliphatic rings. The normalized spacial score (nSPS) is 11.8. The molecule has 0 aliphatic carbocycles.